The first-order valence-corrected chi connectivity index (χ1v) is 6.71. The van der Waals surface area contributed by atoms with E-state index in [9.17, 15) is 0 Å². The minimum Gasteiger partial charge on any atom is -0.366 e. The number of nitrogens with one attached hydrogen (secondary N) is 1. The van der Waals surface area contributed by atoms with Crippen LogP contribution in [0.3, 0.4) is 0 Å². The van der Waals surface area contributed by atoms with Crippen LogP contribution in [-0.2, 0) is 0 Å². The lowest BCUT2D eigenvalue weighted by Crippen LogP contribution is -2.11. The van der Waals surface area contributed by atoms with E-state index in [4.69, 9.17) is 0 Å². The van der Waals surface area contributed by atoms with Crippen LogP contribution >= 0.6 is 0 Å². The highest BCUT2D eigenvalue weighted by Gasteiger charge is 2.09. The third-order valence-electron chi connectivity index (χ3n) is 3.44. The molecule has 0 amide bonds. The maximum Gasteiger partial charge on any atom is 0.203 e. The van der Waals surface area contributed by atoms with Crippen molar-refractivity contribution in [2.45, 2.75) is 19.8 Å². The fourth-order valence-electron chi connectivity index (χ4n) is 2.22. The van der Waals surface area contributed by atoms with Crippen molar-refractivity contribution in [2.24, 2.45) is 0 Å². The Labute approximate surface area is 117 Å². The van der Waals surface area contributed by atoms with Gasteiger partial charge in [0, 0.05) is 18.9 Å². The van der Waals surface area contributed by atoms with Gasteiger partial charge in [-0.2, -0.15) is 0 Å². The van der Waals surface area contributed by atoms with Crippen LogP contribution in [0, 0.1) is 6.92 Å². The van der Waals surface area contributed by atoms with Crippen LogP contribution in [0.1, 0.15) is 24.2 Å². The molecule has 0 radical (unpaired) electrons. The van der Waals surface area contributed by atoms with Gasteiger partial charge in [-0.05, 0) is 18.4 Å². The second-order valence-electron chi connectivity index (χ2n) is 4.91. The van der Waals surface area contributed by atoms with Gasteiger partial charge in [-0.25, -0.2) is 4.98 Å². The van der Waals surface area contributed by atoms with Crippen LogP contribution in [0.15, 0.2) is 42.7 Å². The summed E-state index contributed by atoms with van der Waals surface area (Å²) in [5.74, 6) is 2.04. The standard InChI is InChI=1S/C15H17N5/c1-11(13-6-4-3-5-7-13)10-17-14-15-19-18-12(2)20(15)9-8-16-14/h3-9,11H,10H2,1-2H3,(H,16,17). The van der Waals surface area contributed by atoms with Gasteiger partial charge in [0.25, 0.3) is 0 Å². The average molecular weight is 267 g/mol. The van der Waals surface area contributed by atoms with Crippen molar-refractivity contribution in [1.29, 1.82) is 0 Å². The van der Waals surface area contributed by atoms with Crippen LogP contribution < -0.4 is 5.32 Å². The number of aryl methyl sites for hydroxylation is 1. The lowest BCUT2D eigenvalue weighted by molar-refractivity contribution is 0.801. The molecular formula is C15H17N5. The maximum absolute atomic E-state index is 4.35. The first-order chi connectivity index (χ1) is 9.75. The molecule has 1 aromatic carbocycles. The maximum atomic E-state index is 4.35. The number of benzene rings is 1. The van der Waals surface area contributed by atoms with Crippen molar-refractivity contribution < 1.29 is 0 Å². The smallest absolute Gasteiger partial charge is 0.203 e. The molecule has 5 nitrogen and oxygen atoms in total. The van der Waals surface area contributed by atoms with Crippen molar-refractivity contribution in [3.63, 3.8) is 0 Å². The third-order valence-corrected chi connectivity index (χ3v) is 3.44. The average Bonchev–Trinajstić information content (AvgIpc) is 2.88. The van der Waals surface area contributed by atoms with Crippen LogP contribution in [0.5, 0.6) is 0 Å². The monoisotopic (exact) mass is 267 g/mol. The summed E-state index contributed by atoms with van der Waals surface area (Å²) in [6.07, 6.45) is 3.63. The number of hydrogen-bond acceptors (Lipinski definition) is 4. The summed E-state index contributed by atoms with van der Waals surface area (Å²) >= 11 is 0. The fraction of sp³-hybridized carbons (Fsp3) is 0.267. The summed E-state index contributed by atoms with van der Waals surface area (Å²) in [4.78, 5) is 4.35. The molecule has 2 heterocycles. The minimum absolute atomic E-state index is 0.405. The summed E-state index contributed by atoms with van der Waals surface area (Å²) in [5, 5.41) is 11.6. The minimum atomic E-state index is 0.405. The molecule has 0 spiro atoms. The predicted molar refractivity (Wildman–Crippen MR) is 78.9 cm³/mol. The summed E-state index contributed by atoms with van der Waals surface area (Å²) in [5.41, 5.74) is 2.08. The van der Waals surface area contributed by atoms with Gasteiger partial charge in [0.1, 0.15) is 5.82 Å². The lowest BCUT2D eigenvalue weighted by atomic mass is 10.0. The van der Waals surface area contributed by atoms with Crippen LogP contribution in [0.2, 0.25) is 0 Å². The highest BCUT2D eigenvalue weighted by molar-refractivity contribution is 5.62. The van der Waals surface area contributed by atoms with Crippen molar-refractivity contribution in [2.75, 3.05) is 11.9 Å². The Morgan fingerprint density at radius 3 is 2.80 bits per heavy atom. The Bertz CT molecular complexity index is 705. The Morgan fingerprint density at radius 1 is 1.20 bits per heavy atom. The Kier molecular flexibility index (Phi) is 3.33. The van der Waals surface area contributed by atoms with E-state index in [-0.39, 0.29) is 0 Å². The second-order valence-corrected chi connectivity index (χ2v) is 4.91. The van der Waals surface area contributed by atoms with Crippen molar-refractivity contribution in [3.05, 3.63) is 54.1 Å². The van der Waals surface area contributed by atoms with Gasteiger partial charge >= 0.3 is 0 Å². The number of rotatable bonds is 4. The lowest BCUT2D eigenvalue weighted by Gasteiger charge is -2.13. The van der Waals surface area contributed by atoms with E-state index >= 15 is 0 Å². The summed E-state index contributed by atoms with van der Waals surface area (Å²) < 4.78 is 1.93. The van der Waals surface area contributed by atoms with E-state index in [0.29, 0.717) is 5.92 Å². The normalized spacial score (nSPS) is 12.5. The number of anilines is 1. The fourth-order valence-corrected chi connectivity index (χ4v) is 2.22. The third kappa shape index (κ3) is 2.34. The molecule has 0 bridgehead atoms. The SMILES string of the molecule is Cc1nnc2c(NCC(C)c3ccccc3)nccn12. The molecule has 1 unspecified atom stereocenters. The topological polar surface area (TPSA) is 55.1 Å². The Morgan fingerprint density at radius 2 is 2.00 bits per heavy atom. The van der Waals surface area contributed by atoms with Gasteiger partial charge in [0.05, 0.1) is 0 Å². The van der Waals surface area contributed by atoms with E-state index in [0.717, 1.165) is 23.8 Å². The van der Waals surface area contributed by atoms with Crippen LogP contribution in [-0.4, -0.2) is 26.1 Å². The summed E-state index contributed by atoms with van der Waals surface area (Å²) in [6, 6.07) is 10.4. The summed E-state index contributed by atoms with van der Waals surface area (Å²) in [6.45, 7) is 4.93. The Hall–Kier alpha value is -2.43. The molecule has 3 rings (SSSR count). The predicted octanol–water partition coefficient (Wildman–Crippen LogP) is 2.65. The highest BCUT2D eigenvalue weighted by Crippen LogP contribution is 2.17. The molecular weight excluding hydrogens is 250 g/mol. The molecule has 0 aliphatic rings. The highest BCUT2D eigenvalue weighted by atomic mass is 15.3. The zero-order valence-corrected chi connectivity index (χ0v) is 11.6. The molecule has 0 aliphatic heterocycles. The summed E-state index contributed by atoms with van der Waals surface area (Å²) in [7, 11) is 0. The van der Waals surface area contributed by atoms with E-state index in [1.54, 1.807) is 6.20 Å². The van der Waals surface area contributed by atoms with Crippen LogP contribution in [0.4, 0.5) is 5.82 Å². The molecule has 0 saturated carbocycles. The molecule has 102 valence electrons. The van der Waals surface area contributed by atoms with Crippen molar-refractivity contribution in [3.8, 4) is 0 Å². The quantitative estimate of drug-likeness (QED) is 0.789. The van der Waals surface area contributed by atoms with E-state index in [1.165, 1.54) is 5.56 Å². The molecule has 2 aromatic heterocycles. The zero-order chi connectivity index (χ0) is 13.9. The van der Waals surface area contributed by atoms with E-state index < -0.39 is 0 Å². The largest absolute Gasteiger partial charge is 0.366 e. The van der Waals surface area contributed by atoms with E-state index in [1.807, 2.05) is 23.6 Å². The van der Waals surface area contributed by atoms with Crippen LogP contribution in [0.25, 0.3) is 5.65 Å². The number of fused-ring (bicyclic) bond motifs is 1. The van der Waals surface area contributed by atoms with Gasteiger partial charge in [-0.1, -0.05) is 37.3 Å². The van der Waals surface area contributed by atoms with Gasteiger partial charge < -0.3 is 5.32 Å². The van der Waals surface area contributed by atoms with Crippen molar-refractivity contribution in [1.82, 2.24) is 19.6 Å². The number of hydrogen-bond donors (Lipinski definition) is 1. The van der Waals surface area contributed by atoms with Gasteiger partial charge in [-0.3, -0.25) is 4.40 Å². The second kappa shape index (κ2) is 5.28. The van der Waals surface area contributed by atoms with Gasteiger partial charge in [0.2, 0.25) is 5.65 Å². The number of aromatic nitrogens is 4. The Balaban J connectivity index is 1.77. The van der Waals surface area contributed by atoms with E-state index in [2.05, 4.69) is 51.7 Å². The molecule has 0 saturated heterocycles. The molecule has 1 N–H and O–H groups in total. The molecule has 0 fully saturated rings. The molecule has 20 heavy (non-hydrogen) atoms. The zero-order valence-electron chi connectivity index (χ0n) is 11.6. The first kappa shape index (κ1) is 12.6. The first-order valence-electron chi connectivity index (χ1n) is 6.71. The molecule has 3 aromatic rings. The van der Waals surface area contributed by atoms with Gasteiger partial charge in [-0.15, -0.1) is 10.2 Å². The molecule has 1 atom stereocenters. The van der Waals surface area contributed by atoms with Crippen molar-refractivity contribution >= 4 is 11.5 Å². The molecule has 5 heteroatoms. The number of nitrogens with zero attached hydrogens (tertiary/aromatic N) is 4. The molecule has 0 aliphatic carbocycles. The van der Waals surface area contributed by atoms with Gasteiger partial charge in [0.15, 0.2) is 5.82 Å².